The maximum absolute atomic E-state index is 11.6. The lowest BCUT2D eigenvalue weighted by Gasteiger charge is -2.11. The van der Waals surface area contributed by atoms with Crippen LogP contribution in [-0.2, 0) is 9.53 Å². The van der Waals surface area contributed by atoms with E-state index in [-0.39, 0.29) is 12.0 Å². The summed E-state index contributed by atoms with van der Waals surface area (Å²) in [5.41, 5.74) is 0. The Labute approximate surface area is 118 Å². The molecule has 1 aliphatic heterocycles. The van der Waals surface area contributed by atoms with Crippen LogP contribution in [0.25, 0.3) is 0 Å². The van der Waals surface area contributed by atoms with Gasteiger partial charge in [0.05, 0.1) is 24.2 Å². The molecular formula is C14H18ClNO3. The number of hydrogen-bond donors (Lipinski definition) is 1. The van der Waals surface area contributed by atoms with Crippen molar-refractivity contribution in [3.8, 4) is 5.75 Å². The summed E-state index contributed by atoms with van der Waals surface area (Å²) in [5, 5.41) is 3.41. The molecule has 1 aliphatic rings. The third kappa shape index (κ3) is 4.73. The van der Waals surface area contributed by atoms with Gasteiger partial charge >= 0.3 is 0 Å². The first-order chi connectivity index (χ1) is 9.25. The number of hydrogen-bond acceptors (Lipinski definition) is 3. The molecule has 1 fully saturated rings. The van der Waals surface area contributed by atoms with E-state index in [0.29, 0.717) is 30.3 Å². The Balaban J connectivity index is 1.62. The second-order valence-electron chi connectivity index (χ2n) is 4.47. The van der Waals surface area contributed by atoms with E-state index in [0.717, 1.165) is 19.4 Å². The van der Waals surface area contributed by atoms with Crippen LogP contribution in [0.5, 0.6) is 5.75 Å². The molecule has 1 heterocycles. The molecule has 1 aromatic rings. The third-order valence-corrected chi connectivity index (χ3v) is 3.29. The Morgan fingerprint density at radius 1 is 1.47 bits per heavy atom. The van der Waals surface area contributed by atoms with Crippen LogP contribution in [0.2, 0.25) is 5.02 Å². The number of carbonyl (C=O) groups is 1. The average molecular weight is 284 g/mol. The molecule has 0 aromatic heterocycles. The summed E-state index contributed by atoms with van der Waals surface area (Å²) >= 11 is 5.94. The van der Waals surface area contributed by atoms with Gasteiger partial charge in [0.1, 0.15) is 5.75 Å². The molecule has 1 amide bonds. The van der Waals surface area contributed by atoms with Gasteiger partial charge in [-0.05, 0) is 25.0 Å². The second-order valence-corrected chi connectivity index (χ2v) is 4.88. The summed E-state index contributed by atoms with van der Waals surface area (Å²) < 4.78 is 10.9. The molecule has 0 saturated carbocycles. The molecule has 0 radical (unpaired) electrons. The number of carbonyl (C=O) groups excluding carboxylic acids is 1. The Bertz CT molecular complexity index is 419. The quantitative estimate of drug-likeness (QED) is 0.872. The number of ether oxygens (including phenoxy) is 2. The maximum atomic E-state index is 11.6. The zero-order valence-corrected chi connectivity index (χ0v) is 11.5. The van der Waals surface area contributed by atoms with Gasteiger partial charge in [0, 0.05) is 13.2 Å². The molecule has 1 atom stereocenters. The van der Waals surface area contributed by atoms with Crippen molar-refractivity contribution >= 4 is 17.5 Å². The average Bonchev–Trinajstić information content (AvgIpc) is 2.92. The first-order valence-electron chi connectivity index (χ1n) is 6.51. The van der Waals surface area contributed by atoms with Crippen molar-refractivity contribution in [3.63, 3.8) is 0 Å². The maximum Gasteiger partial charge on any atom is 0.223 e. The van der Waals surface area contributed by atoms with Crippen LogP contribution in [0.1, 0.15) is 19.3 Å². The molecule has 0 bridgehead atoms. The fraction of sp³-hybridized carbons (Fsp3) is 0.500. The Morgan fingerprint density at radius 3 is 3.05 bits per heavy atom. The smallest absolute Gasteiger partial charge is 0.223 e. The number of benzene rings is 1. The second kappa shape index (κ2) is 7.36. The number of amides is 1. The van der Waals surface area contributed by atoms with Gasteiger partial charge in [-0.1, -0.05) is 23.7 Å². The normalized spacial score (nSPS) is 18.3. The Kier molecular flexibility index (Phi) is 5.48. The van der Waals surface area contributed by atoms with Crippen LogP contribution in [-0.4, -0.2) is 31.8 Å². The molecule has 0 spiro atoms. The van der Waals surface area contributed by atoms with E-state index in [1.54, 1.807) is 12.1 Å². The standard InChI is InChI=1S/C14H18ClNO3/c15-12-5-1-2-6-13(12)19-9-7-14(17)16-10-11-4-3-8-18-11/h1-2,5-6,11H,3-4,7-10H2,(H,16,17). The highest BCUT2D eigenvalue weighted by Gasteiger charge is 2.15. The lowest BCUT2D eigenvalue weighted by Crippen LogP contribution is -2.32. The molecule has 19 heavy (non-hydrogen) atoms. The molecule has 4 nitrogen and oxygen atoms in total. The number of halogens is 1. The first kappa shape index (κ1) is 14.2. The fourth-order valence-electron chi connectivity index (χ4n) is 1.94. The van der Waals surface area contributed by atoms with E-state index in [1.807, 2.05) is 12.1 Å². The highest BCUT2D eigenvalue weighted by molar-refractivity contribution is 6.32. The number of para-hydroxylation sites is 1. The van der Waals surface area contributed by atoms with Crippen molar-refractivity contribution in [1.29, 1.82) is 0 Å². The summed E-state index contributed by atoms with van der Waals surface area (Å²) in [4.78, 5) is 11.6. The molecule has 5 heteroatoms. The van der Waals surface area contributed by atoms with Gasteiger partial charge in [0.2, 0.25) is 5.91 Å². The largest absolute Gasteiger partial charge is 0.491 e. The van der Waals surface area contributed by atoms with Crippen LogP contribution < -0.4 is 10.1 Å². The summed E-state index contributed by atoms with van der Waals surface area (Å²) in [6, 6.07) is 7.23. The molecule has 1 N–H and O–H groups in total. The first-order valence-corrected chi connectivity index (χ1v) is 6.89. The van der Waals surface area contributed by atoms with Gasteiger partial charge < -0.3 is 14.8 Å². The van der Waals surface area contributed by atoms with Gasteiger partial charge in [-0.15, -0.1) is 0 Å². The van der Waals surface area contributed by atoms with E-state index < -0.39 is 0 Å². The lowest BCUT2D eigenvalue weighted by molar-refractivity contribution is -0.122. The minimum atomic E-state index is -0.0254. The number of rotatable bonds is 6. The SMILES string of the molecule is O=C(CCOc1ccccc1Cl)NCC1CCCO1. The van der Waals surface area contributed by atoms with Gasteiger partial charge in [-0.2, -0.15) is 0 Å². The van der Waals surface area contributed by atoms with Gasteiger partial charge in [0.25, 0.3) is 0 Å². The Hall–Kier alpha value is -1.26. The van der Waals surface area contributed by atoms with Gasteiger partial charge in [-0.3, -0.25) is 4.79 Å². The Morgan fingerprint density at radius 2 is 2.32 bits per heavy atom. The topological polar surface area (TPSA) is 47.6 Å². The third-order valence-electron chi connectivity index (χ3n) is 2.97. The van der Waals surface area contributed by atoms with E-state index in [9.17, 15) is 4.79 Å². The number of nitrogens with one attached hydrogen (secondary N) is 1. The molecule has 1 aromatic carbocycles. The monoisotopic (exact) mass is 283 g/mol. The van der Waals surface area contributed by atoms with Crippen molar-refractivity contribution in [1.82, 2.24) is 5.32 Å². The van der Waals surface area contributed by atoms with Gasteiger partial charge in [-0.25, -0.2) is 0 Å². The zero-order chi connectivity index (χ0) is 13.5. The predicted octanol–water partition coefficient (Wildman–Crippen LogP) is 2.40. The van der Waals surface area contributed by atoms with Crippen molar-refractivity contribution in [2.75, 3.05) is 19.8 Å². The summed E-state index contributed by atoms with van der Waals surface area (Å²) in [7, 11) is 0. The van der Waals surface area contributed by atoms with E-state index in [4.69, 9.17) is 21.1 Å². The van der Waals surface area contributed by atoms with Crippen LogP contribution >= 0.6 is 11.6 Å². The zero-order valence-electron chi connectivity index (χ0n) is 10.7. The molecule has 0 aliphatic carbocycles. The molecule has 1 unspecified atom stereocenters. The van der Waals surface area contributed by atoms with Gasteiger partial charge in [0.15, 0.2) is 0 Å². The van der Waals surface area contributed by atoms with Crippen LogP contribution in [0.3, 0.4) is 0 Å². The van der Waals surface area contributed by atoms with Crippen molar-refractivity contribution in [2.45, 2.75) is 25.4 Å². The van der Waals surface area contributed by atoms with E-state index >= 15 is 0 Å². The highest BCUT2D eigenvalue weighted by Crippen LogP contribution is 2.23. The summed E-state index contributed by atoms with van der Waals surface area (Å²) in [5.74, 6) is 0.582. The molecule has 1 saturated heterocycles. The molecule has 104 valence electrons. The van der Waals surface area contributed by atoms with Crippen molar-refractivity contribution in [2.24, 2.45) is 0 Å². The van der Waals surface area contributed by atoms with E-state index in [1.165, 1.54) is 0 Å². The molecular weight excluding hydrogens is 266 g/mol. The highest BCUT2D eigenvalue weighted by atomic mass is 35.5. The van der Waals surface area contributed by atoms with E-state index in [2.05, 4.69) is 5.32 Å². The molecule has 2 rings (SSSR count). The van der Waals surface area contributed by atoms with Crippen LogP contribution in [0, 0.1) is 0 Å². The summed E-state index contributed by atoms with van der Waals surface area (Å²) in [6.07, 6.45) is 2.60. The minimum Gasteiger partial charge on any atom is -0.491 e. The summed E-state index contributed by atoms with van der Waals surface area (Å²) in [6.45, 7) is 1.71. The lowest BCUT2D eigenvalue weighted by atomic mass is 10.2. The predicted molar refractivity (Wildman–Crippen MR) is 73.5 cm³/mol. The van der Waals surface area contributed by atoms with Crippen LogP contribution in [0.4, 0.5) is 0 Å². The van der Waals surface area contributed by atoms with Crippen LogP contribution in [0.15, 0.2) is 24.3 Å². The van der Waals surface area contributed by atoms with Crippen molar-refractivity contribution < 1.29 is 14.3 Å². The fourth-order valence-corrected chi connectivity index (χ4v) is 2.13. The van der Waals surface area contributed by atoms with Crippen molar-refractivity contribution in [3.05, 3.63) is 29.3 Å². The minimum absolute atomic E-state index is 0.0254.